The van der Waals surface area contributed by atoms with Crippen molar-refractivity contribution in [3.8, 4) is 21.7 Å². The van der Waals surface area contributed by atoms with Gasteiger partial charge in [-0.25, -0.2) is 10.4 Å². The van der Waals surface area contributed by atoms with Gasteiger partial charge in [-0.15, -0.1) is 11.3 Å². The van der Waals surface area contributed by atoms with Gasteiger partial charge >= 0.3 is 0 Å². The van der Waals surface area contributed by atoms with Crippen LogP contribution < -0.4 is 16.2 Å². The molecule has 4 N–H and O–H groups in total. The molecule has 9 heteroatoms. The second-order valence-electron chi connectivity index (χ2n) is 10.0. The molecule has 0 fully saturated rings. The number of fused-ring (bicyclic) bond motifs is 2. The summed E-state index contributed by atoms with van der Waals surface area (Å²) in [5, 5.41) is 3.51. The molecule has 202 valence electrons. The number of aromatic nitrogens is 5. The van der Waals surface area contributed by atoms with E-state index in [0.29, 0.717) is 6.54 Å². The van der Waals surface area contributed by atoms with Crippen molar-refractivity contribution in [3.05, 3.63) is 125 Å². The van der Waals surface area contributed by atoms with E-state index in [1.807, 2.05) is 43.3 Å². The third-order valence-electron chi connectivity index (χ3n) is 7.12. The summed E-state index contributed by atoms with van der Waals surface area (Å²) in [4.78, 5) is 24.8. The van der Waals surface area contributed by atoms with Gasteiger partial charge in [-0.05, 0) is 53.4 Å². The van der Waals surface area contributed by atoms with Crippen molar-refractivity contribution in [2.45, 2.75) is 26.6 Å². The second kappa shape index (κ2) is 11.1. The lowest BCUT2D eigenvalue weighted by Gasteiger charge is -2.11. The van der Waals surface area contributed by atoms with Crippen LogP contribution in [0.5, 0.6) is 0 Å². The summed E-state index contributed by atoms with van der Waals surface area (Å²) in [5.41, 5.74) is 16.6. The molecule has 0 saturated heterocycles. The maximum Gasteiger partial charge on any atom is 0.140 e. The highest BCUT2D eigenvalue weighted by molar-refractivity contribution is 7.15. The Morgan fingerprint density at radius 2 is 1.76 bits per heavy atom. The standard InChI is InChI=1S/C32H28N8S/c1-20-7-8-30(41-20)27-17-35-19-29-31(27)40-32(39-29)26-18-38-37-16-24-15-36-28(10-25(24)26)23-9-22(13-34-14-23)12-33-11-21-5-3-2-4-6-21/h2-10,13-15,17-19,33,37-38H,11-12,16H2,1H3,(H,39,40). The van der Waals surface area contributed by atoms with Gasteiger partial charge in [-0.3, -0.25) is 15.0 Å². The van der Waals surface area contributed by atoms with Crippen LogP contribution in [0.25, 0.3) is 38.3 Å². The van der Waals surface area contributed by atoms with Gasteiger partial charge in [0.2, 0.25) is 0 Å². The highest BCUT2D eigenvalue weighted by atomic mass is 32.1. The second-order valence-corrected chi connectivity index (χ2v) is 11.3. The van der Waals surface area contributed by atoms with Crippen LogP contribution in [-0.4, -0.2) is 24.9 Å². The summed E-state index contributed by atoms with van der Waals surface area (Å²) >= 11 is 1.75. The van der Waals surface area contributed by atoms with Gasteiger partial charge in [0.1, 0.15) is 11.3 Å². The predicted molar refractivity (Wildman–Crippen MR) is 163 cm³/mol. The summed E-state index contributed by atoms with van der Waals surface area (Å²) in [6.07, 6.45) is 11.4. The van der Waals surface area contributed by atoms with Crippen molar-refractivity contribution in [2.75, 3.05) is 0 Å². The van der Waals surface area contributed by atoms with E-state index in [-0.39, 0.29) is 0 Å². The van der Waals surface area contributed by atoms with E-state index in [9.17, 15) is 0 Å². The minimum Gasteiger partial charge on any atom is -0.337 e. The number of imidazole rings is 1. The number of hydrogen-bond donors (Lipinski definition) is 4. The molecule has 1 aliphatic rings. The van der Waals surface area contributed by atoms with Crippen LogP contribution >= 0.6 is 11.3 Å². The van der Waals surface area contributed by atoms with Crippen LogP contribution in [0.3, 0.4) is 0 Å². The Bertz CT molecular complexity index is 1870. The van der Waals surface area contributed by atoms with E-state index < -0.39 is 0 Å². The first-order chi connectivity index (χ1) is 20.2. The van der Waals surface area contributed by atoms with E-state index in [1.54, 1.807) is 11.3 Å². The lowest BCUT2D eigenvalue weighted by Crippen LogP contribution is -2.24. The predicted octanol–water partition coefficient (Wildman–Crippen LogP) is 5.74. The molecule has 0 bridgehead atoms. The topological polar surface area (TPSA) is 103 Å². The van der Waals surface area contributed by atoms with Crippen LogP contribution in [0.1, 0.15) is 33.0 Å². The number of rotatable bonds is 7. The molecule has 7 rings (SSSR count). The summed E-state index contributed by atoms with van der Waals surface area (Å²) < 4.78 is 0. The van der Waals surface area contributed by atoms with Gasteiger partial charge in [-0.1, -0.05) is 30.3 Å². The number of hydrazine groups is 1. The third-order valence-corrected chi connectivity index (χ3v) is 8.15. The van der Waals surface area contributed by atoms with E-state index in [2.05, 4.69) is 86.6 Å². The van der Waals surface area contributed by atoms with Crippen molar-refractivity contribution in [1.29, 1.82) is 0 Å². The number of pyridine rings is 3. The quantitative estimate of drug-likeness (QED) is 0.199. The summed E-state index contributed by atoms with van der Waals surface area (Å²) in [6.45, 7) is 4.27. The van der Waals surface area contributed by atoms with Crippen molar-refractivity contribution in [3.63, 3.8) is 0 Å². The SMILES string of the molecule is Cc1ccc(-c2cncc3[nH]c(C4=CNNCc5cnc(-c6cncc(CNCc7ccccc7)c6)cc54)nc23)s1. The number of benzene rings is 1. The molecule has 1 aromatic carbocycles. The first kappa shape index (κ1) is 25.3. The van der Waals surface area contributed by atoms with Crippen molar-refractivity contribution in [1.82, 2.24) is 41.1 Å². The van der Waals surface area contributed by atoms with Crippen molar-refractivity contribution >= 4 is 27.9 Å². The number of aryl methyl sites for hydroxylation is 1. The zero-order valence-corrected chi connectivity index (χ0v) is 23.3. The maximum absolute atomic E-state index is 5.07. The Hall–Kier alpha value is -4.70. The lowest BCUT2D eigenvalue weighted by molar-refractivity contribution is 0.631. The Morgan fingerprint density at radius 1 is 0.878 bits per heavy atom. The molecule has 41 heavy (non-hydrogen) atoms. The van der Waals surface area contributed by atoms with Crippen LogP contribution in [-0.2, 0) is 19.6 Å². The Morgan fingerprint density at radius 3 is 2.63 bits per heavy atom. The highest BCUT2D eigenvalue weighted by Gasteiger charge is 2.20. The Balaban J connectivity index is 1.20. The van der Waals surface area contributed by atoms with Gasteiger partial charge in [0.15, 0.2) is 0 Å². The van der Waals surface area contributed by atoms with Gasteiger partial charge in [0, 0.05) is 77.1 Å². The first-order valence-corrected chi connectivity index (χ1v) is 14.3. The fraction of sp³-hybridized carbons (Fsp3) is 0.125. The maximum atomic E-state index is 5.07. The highest BCUT2D eigenvalue weighted by Crippen LogP contribution is 2.34. The first-order valence-electron chi connectivity index (χ1n) is 13.5. The average Bonchev–Trinajstić information content (AvgIpc) is 3.58. The molecule has 0 aliphatic carbocycles. The number of H-pyrrole nitrogens is 1. The number of hydrogen-bond acceptors (Lipinski definition) is 8. The number of nitrogens with zero attached hydrogens (tertiary/aromatic N) is 4. The minimum atomic E-state index is 0.631. The zero-order chi connectivity index (χ0) is 27.6. The van der Waals surface area contributed by atoms with E-state index in [0.717, 1.165) is 73.9 Å². The molecule has 8 nitrogen and oxygen atoms in total. The molecule has 0 amide bonds. The molecule has 1 aliphatic heterocycles. The van der Waals surface area contributed by atoms with Crippen LogP contribution in [0.2, 0.25) is 0 Å². The van der Waals surface area contributed by atoms with Crippen LogP contribution in [0, 0.1) is 6.92 Å². The average molecular weight is 557 g/mol. The van der Waals surface area contributed by atoms with Crippen molar-refractivity contribution < 1.29 is 0 Å². The minimum absolute atomic E-state index is 0.631. The monoisotopic (exact) mass is 556 g/mol. The fourth-order valence-electron chi connectivity index (χ4n) is 5.07. The number of nitrogens with one attached hydrogen (secondary N) is 4. The molecule has 0 saturated carbocycles. The molecule has 0 radical (unpaired) electrons. The summed E-state index contributed by atoms with van der Waals surface area (Å²) in [7, 11) is 0. The zero-order valence-electron chi connectivity index (χ0n) is 22.5. The molecular formula is C32H28N8S. The Kier molecular flexibility index (Phi) is 6.81. The van der Waals surface area contributed by atoms with E-state index >= 15 is 0 Å². The van der Waals surface area contributed by atoms with Gasteiger partial charge in [-0.2, -0.15) is 0 Å². The smallest absolute Gasteiger partial charge is 0.140 e. The molecule has 5 aromatic heterocycles. The van der Waals surface area contributed by atoms with Gasteiger partial charge in [0.05, 0.1) is 17.4 Å². The number of aromatic amines is 1. The normalized spacial score (nSPS) is 13.0. The fourth-order valence-corrected chi connectivity index (χ4v) is 5.95. The van der Waals surface area contributed by atoms with Crippen LogP contribution in [0.15, 0.2) is 91.8 Å². The largest absolute Gasteiger partial charge is 0.337 e. The Labute approximate surface area is 241 Å². The summed E-state index contributed by atoms with van der Waals surface area (Å²) in [6, 6.07) is 18.9. The summed E-state index contributed by atoms with van der Waals surface area (Å²) in [5.74, 6) is 0.772. The molecule has 0 atom stereocenters. The van der Waals surface area contributed by atoms with E-state index in [4.69, 9.17) is 9.97 Å². The molecule has 6 aromatic rings. The molecule has 6 heterocycles. The van der Waals surface area contributed by atoms with Gasteiger partial charge in [0.25, 0.3) is 0 Å². The van der Waals surface area contributed by atoms with Crippen LogP contribution in [0.4, 0.5) is 0 Å². The number of thiophene rings is 1. The lowest BCUT2D eigenvalue weighted by atomic mass is 9.99. The molecular weight excluding hydrogens is 528 g/mol. The molecule has 0 unspecified atom stereocenters. The van der Waals surface area contributed by atoms with E-state index in [1.165, 1.54) is 10.4 Å². The molecule has 0 spiro atoms. The van der Waals surface area contributed by atoms with Gasteiger partial charge < -0.3 is 15.7 Å². The van der Waals surface area contributed by atoms with Crippen molar-refractivity contribution in [2.24, 2.45) is 0 Å². The third kappa shape index (κ3) is 5.26.